The summed E-state index contributed by atoms with van der Waals surface area (Å²) < 4.78 is 0. The number of rotatable bonds is 3. The van der Waals surface area contributed by atoms with Gasteiger partial charge in [0.2, 0.25) is 0 Å². The van der Waals surface area contributed by atoms with Crippen molar-refractivity contribution < 1.29 is 0 Å². The van der Waals surface area contributed by atoms with Crippen LogP contribution in [0, 0.1) is 0 Å². The van der Waals surface area contributed by atoms with E-state index in [1.807, 2.05) is 42.5 Å². The van der Waals surface area contributed by atoms with Crippen LogP contribution in [-0.4, -0.2) is 6.54 Å². The third-order valence-electron chi connectivity index (χ3n) is 1.66. The predicted molar refractivity (Wildman–Crippen MR) is 51.6 cm³/mol. The van der Waals surface area contributed by atoms with Crippen LogP contribution in [0.15, 0.2) is 42.5 Å². The molecular formula is C10H14N2. The van der Waals surface area contributed by atoms with Crippen LogP contribution >= 0.6 is 0 Å². The van der Waals surface area contributed by atoms with E-state index in [1.165, 1.54) is 0 Å². The summed E-state index contributed by atoms with van der Waals surface area (Å²) in [5.74, 6) is 0. The molecule has 2 heteroatoms. The maximum atomic E-state index is 5.84. The molecule has 64 valence electrons. The molecule has 0 radical (unpaired) electrons. The average molecular weight is 162 g/mol. The SMILES string of the molecule is NCC=CC(N)c1ccccc1. The van der Waals surface area contributed by atoms with Gasteiger partial charge >= 0.3 is 0 Å². The molecule has 1 rings (SSSR count). The summed E-state index contributed by atoms with van der Waals surface area (Å²) in [6.07, 6.45) is 3.78. The molecule has 1 aromatic carbocycles. The highest BCUT2D eigenvalue weighted by Gasteiger charge is 1.97. The number of hydrogen-bond donors (Lipinski definition) is 2. The van der Waals surface area contributed by atoms with E-state index in [-0.39, 0.29) is 6.04 Å². The Labute approximate surface area is 72.9 Å². The molecule has 1 unspecified atom stereocenters. The van der Waals surface area contributed by atoms with E-state index < -0.39 is 0 Å². The molecule has 0 aromatic heterocycles. The number of hydrogen-bond acceptors (Lipinski definition) is 2. The molecule has 0 saturated carbocycles. The van der Waals surface area contributed by atoms with Gasteiger partial charge < -0.3 is 11.5 Å². The van der Waals surface area contributed by atoms with E-state index in [4.69, 9.17) is 11.5 Å². The van der Waals surface area contributed by atoms with Crippen LogP contribution in [0.2, 0.25) is 0 Å². The van der Waals surface area contributed by atoms with Crippen molar-refractivity contribution in [2.75, 3.05) is 6.54 Å². The van der Waals surface area contributed by atoms with Crippen molar-refractivity contribution in [1.82, 2.24) is 0 Å². The highest BCUT2D eigenvalue weighted by Crippen LogP contribution is 2.09. The van der Waals surface area contributed by atoms with Gasteiger partial charge in [-0.2, -0.15) is 0 Å². The van der Waals surface area contributed by atoms with Gasteiger partial charge in [-0.3, -0.25) is 0 Å². The van der Waals surface area contributed by atoms with Gasteiger partial charge in [-0.05, 0) is 5.56 Å². The standard InChI is InChI=1S/C10H14N2/c11-8-4-7-10(12)9-5-2-1-3-6-9/h1-7,10H,8,11-12H2. The van der Waals surface area contributed by atoms with E-state index in [2.05, 4.69) is 0 Å². The number of benzene rings is 1. The molecule has 0 aliphatic rings. The first-order valence-corrected chi connectivity index (χ1v) is 4.02. The van der Waals surface area contributed by atoms with Crippen LogP contribution in [0.4, 0.5) is 0 Å². The third-order valence-corrected chi connectivity index (χ3v) is 1.66. The van der Waals surface area contributed by atoms with E-state index in [1.54, 1.807) is 0 Å². The molecule has 4 N–H and O–H groups in total. The van der Waals surface area contributed by atoms with Crippen molar-refractivity contribution >= 4 is 0 Å². The molecule has 0 bridgehead atoms. The Kier molecular flexibility index (Phi) is 3.51. The molecule has 0 fully saturated rings. The molecule has 1 atom stereocenters. The van der Waals surface area contributed by atoms with Crippen molar-refractivity contribution in [2.45, 2.75) is 6.04 Å². The summed E-state index contributed by atoms with van der Waals surface area (Å²) in [4.78, 5) is 0. The van der Waals surface area contributed by atoms with Crippen molar-refractivity contribution in [3.63, 3.8) is 0 Å². The zero-order chi connectivity index (χ0) is 8.81. The lowest BCUT2D eigenvalue weighted by Gasteiger charge is -2.05. The highest BCUT2D eigenvalue weighted by molar-refractivity contribution is 5.22. The largest absolute Gasteiger partial charge is 0.327 e. The maximum Gasteiger partial charge on any atom is 0.0481 e. The zero-order valence-corrected chi connectivity index (χ0v) is 6.98. The second-order valence-corrected chi connectivity index (χ2v) is 2.60. The van der Waals surface area contributed by atoms with E-state index in [0.717, 1.165) is 5.56 Å². The first kappa shape index (κ1) is 8.97. The fourth-order valence-corrected chi connectivity index (χ4v) is 1.01. The Morgan fingerprint density at radius 1 is 1.25 bits per heavy atom. The molecule has 0 saturated heterocycles. The second kappa shape index (κ2) is 4.70. The lowest BCUT2D eigenvalue weighted by atomic mass is 10.1. The Balaban J connectivity index is 2.65. The second-order valence-electron chi connectivity index (χ2n) is 2.60. The molecule has 0 aliphatic heterocycles. The molecular weight excluding hydrogens is 148 g/mol. The van der Waals surface area contributed by atoms with Crippen LogP contribution in [0.5, 0.6) is 0 Å². The molecule has 12 heavy (non-hydrogen) atoms. The summed E-state index contributed by atoms with van der Waals surface area (Å²) in [7, 11) is 0. The molecule has 0 heterocycles. The van der Waals surface area contributed by atoms with Gasteiger partial charge in [0, 0.05) is 12.6 Å². The lowest BCUT2D eigenvalue weighted by Crippen LogP contribution is -2.07. The van der Waals surface area contributed by atoms with Gasteiger partial charge in [-0.1, -0.05) is 42.5 Å². The predicted octanol–water partition coefficient (Wildman–Crippen LogP) is 1.20. The number of nitrogens with two attached hydrogens (primary N) is 2. The van der Waals surface area contributed by atoms with Crippen LogP contribution in [-0.2, 0) is 0 Å². The minimum atomic E-state index is -0.0326. The molecule has 0 amide bonds. The Hall–Kier alpha value is -1.12. The quantitative estimate of drug-likeness (QED) is 0.656. The minimum Gasteiger partial charge on any atom is -0.327 e. The van der Waals surface area contributed by atoms with Crippen molar-refractivity contribution in [1.29, 1.82) is 0 Å². The Morgan fingerprint density at radius 3 is 2.50 bits per heavy atom. The van der Waals surface area contributed by atoms with Crippen LogP contribution in [0.25, 0.3) is 0 Å². The van der Waals surface area contributed by atoms with Crippen LogP contribution in [0.3, 0.4) is 0 Å². The van der Waals surface area contributed by atoms with E-state index in [0.29, 0.717) is 6.54 Å². The van der Waals surface area contributed by atoms with Crippen molar-refractivity contribution in [2.24, 2.45) is 11.5 Å². The first-order valence-electron chi connectivity index (χ1n) is 4.02. The Morgan fingerprint density at radius 2 is 1.92 bits per heavy atom. The van der Waals surface area contributed by atoms with Crippen molar-refractivity contribution in [3.05, 3.63) is 48.0 Å². The monoisotopic (exact) mass is 162 g/mol. The topological polar surface area (TPSA) is 52.0 Å². The van der Waals surface area contributed by atoms with Gasteiger partial charge in [0.05, 0.1) is 0 Å². The summed E-state index contributed by atoms with van der Waals surface area (Å²) in [5, 5.41) is 0. The van der Waals surface area contributed by atoms with Crippen LogP contribution < -0.4 is 11.5 Å². The zero-order valence-electron chi connectivity index (χ0n) is 6.98. The highest BCUT2D eigenvalue weighted by atomic mass is 14.6. The van der Waals surface area contributed by atoms with E-state index >= 15 is 0 Å². The summed E-state index contributed by atoms with van der Waals surface area (Å²) in [6, 6.07) is 9.91. The molecule has 0 spiro atoms. The molecule has 1 aromatic rings. The Bertz CT molecular complexity index is 241. The lowest BCUT2D eigenvalue weighted by molar-refractivity contribution is 0.906. The van der Waals surface area contributed by atoms with E-state index in [9.17, 15) is 0 Å². The average Bonchev–Trinajstić information content (AvgIpc) is 2.15. The van der Waals surface area contributed by atoms with Crippen LogP contribution in [0.1, 0.15) is 11.6 Å². The van der Waals surface area contributed by atoms with Gasteiger partial charge in [0.25, 0.3) is 0 Å². The maximum absolute atomic E-state index is 5.84. The van der Waals surface area contributed by atoms with Gasteiger partial charge in [0.1, 0.15) is 0 Å². The molecule has 0 aliphatic carbocycles. The molecule has 2 nitrogen and oxygen atoms in total. The minimum absolute atomic E-state index is 0.0326. The summed E-state index contributed by atoms with van der Waals surface area (Å²) in [6.45, 7) is 0.542. The third kappa shape index (κ3) is 2.49. The summed E-state index contributed by atoms with van der Waals surface area (Å²) in [5.41, 5.74) is 12.3. The smallest absolute Gasteiger partial charge is 0.0481 e. The normalized spacial score (nSPS) is 13.5. The summed E-state index contributed by atoms with van der Waals surface area (Å²) >= 11 is 0. The first-order chi connectivity index (χ1) is 5.84. The van der Waals surface area contributed by atoms with Crippen molar-refractivity contribution in [3.8, 4) is 0 Å². The fraction of sp³-hybridized carbons (Fsp3) is 0.200. The fourth-order valence-electron chi connectivity index (χ4n) is 1.01. The van der Waals surface area contributed by atoms with Gasteiger partial charge in [0.15, 0.2) is 0 Å². The van der Waals surface area contributed by atoms with Gasteiger partial charge in [-0.25, -0.2) is 0 Å². The van der Waals surface area contributed by atoms with Gasteiger partial charge in [-0.15, -0.1) is 0 Å².